The first-order valence-corrected chi connectivity index (χ1v) is 10.5. The molecule has 3 N–H and O–H groups in total. The Bertz CT molecular complexity index is 347. The molecule has 1 rings (SSSR count). The SMILES string of the molecule is C/C=C/CCCCCCCCCCCCO[C@H]1CO[C@@H]([C@H](O)CO)[C@H]1O. The van der Waals surface area contributed by atoms with Crippen LogP contribution in [0.25, 0.3) is 0 Å². The lowest BCUT2D eigenvalue weighted by atomic mass is 10.1. The number of rotatable bonds is 16. The van der Waals surface area contributed by atoms with Crippen molar-refractivity contribution in [2.45, 2.75) is 102 Å². The van der Waals surface area contributed by atoms with Crippen molar-refractivity contribution >= 4 is 0 Å². The topological polar surface area (TPSA) is 79.2 Å². The van der Waals surface area contributed by atoms with Gasteiger partial charge in [0.15, 0.2) is 0 Å². The summed E-state index contributed by atoms with van der Waals surface area (Å²) in [6.45, 7) is 2.56. The number of hydrogen-bond donors (Lipinski definition) is 3. The molecule has 0 saturated carbocycles. The highest BCUT2D eigenvalue weighted by Gasteiger charge is 2.40. The summed E-state index contributed by atoms with van der Waals surface area (Å²) in [7, 11) is 0. The molecule has 0 aromatic heterocycles. The molecule has 0 aromatic carbocycles. The van der Waals surface area contributed by atoms with Crippen LogP contribution in [0.2, 0.25) is 0 Å². The Hall–Kier alpha value is -0.460. The fourth-order valence-corrected chi connectivity index (χ4v) is 3.38. The first kappa shape index (κ1) is 23.6. The molecule has 0 aromatic rings. The van der Waals surface area contributed by atoms with Crippen molar-refractivity contribution in [2.75, 3.05) is 19.8 Å². The summed E-state index contributed by atoms with van der Waals surface area (Å²) in [5.74, 6) is 0. The van der Waals surface area contributed by atoms with Gasteiger partial charge < -0.3 is 24.8 Å². The number of aliphatic hydroxyl groups excluding tert-OH is 3. The molecule has 0 bridgehead atoms. The average Bonchev–Trinajstić information content (AvgIpc) is 3.02. The Morgan fingerprint density at radius 1 is 1.00 bits per heavy atom. The third-order valence-corrected chi connectivity index (χ3v) is 5.07. The molecule has 1 aliphatic rings. The zero-order valence-corrected chi connectivity index (χ0v) is 16.5. The number of allylic oxidation sites excluding steroid dienone is 2. The van der Waals surface area contributed by atoms with Crippen LogP contribution in [-0.2, 0) is 9.47 Å². The van der Waals surface area contributed by atoms with E-state index < -0.39 is 31.0 Å². The molecule has 0 unspecified atom stereocenters. The van der Waals surface area contributed by atoms with Crippen LogP contribution in [0.15, 0.2) is 12.2 Å². The summed E-state index contributed by atoms with van der Waals surface area (Å²) in [5.41, 5.74) is 0. The first-order chi connectivity index (χ1) is 12.7. The van der Waals surface area contributed by atoms with Gasteiger partial charge in [0.25, 0.3) is 0 Å². The van der Waals surface area contributed by atoms with E-state index >= 15 is 0 Å². The van der Waals surface area contributed by atoms with Gasteiger partial charge in [-0.15, -0.1) is 0 Å². The predicted octanol–water partition coefficient (Wildman–Crippen LogP) is 3.35. The van der Waals surface area contributed by atoms with Crippen molar-refractivity contribution < 1.29 is 24.8 Å². The summed E-state index contributed by atoms with van der Waals surface area (Å²) in [6.07, 6.45) is 15.3. The van der Waals surface area contributed by atoms with Crippen LogP contribution in [0.3, 0.4) is 0 Å². The monoisotopic (exact) mass is 372 g/mol. The van der Waals surface area contributed by atoms with Crippen molar-refractivity contribution in [1.82, 2.24) is 0 Å². The average molecular weight is 373 g/mol. The summed E-state index contributed by atoms with van der Waals surface area (Å²) < 4.78 is 11.0. The molecule has 4 atom stereocenters. The molecule has 154 valence electrons. The maximum atomic E-state index is 10.0. The summed E-state index contributed by atoms with van der Waals surface area (Å²) in [4.78, 5) is 0. The Morgan fingerprint density at radius 2 is 1.58 bits per heavy atom. The van der Waals surface area contributed by atoms with Crippen LogP contribution < -0.4 is 0 Å². The zero-order valence-electron chi connectivity index (χ0n) is 16.5. The third kappa shape index (κ3) is 10.0. The summed E-state index contributed by atoms with van der Waals surface area (Å²) in [5, 5.41) is 28.5. The van der Waals surface area contributed by atoms with E-state index in [1.54, 1.807) is 0 Å². The molecule has 1 fully saturated rings. The number of ether oxygens (including phenoxy) is 2. The molecule has 5 heteroatoms. The van der Waals surface area contributed by atoms with Crippen LogP contribution in [0.5, 0.6) is 0 Å². The van der Waals surface area contributed by atoms with E-state index in [0.717, 1.165) is 12.8 Å². The van der Waals surface area contributed by atoms with Gasteiger partial charge in [0.2, 0.25) is 0 Å². The second-order valence-electron chi connectivity index (χ2n) is 7.34. The Labute approximate surface area is 159 Å². The summed E-state index contributed by atoms with van der Waals surface area (Å²) >= 11 is 0. The van der Waals surface area contributed by atoms with Crippen molar-refractivity contribution in [3.05, 3.63) is 12.2 Å². The van der Waals surface area contributed by atoms with E-state index in [-0.39, 0.29) is 6.61 Å². The molecule has 5 nitrogen and oxygen atoms in total. The molecule has 1 saturated heterocycles. The smallest absolute Gasteiger partial charge is 0.114 e. The first-order valence-electron chi connectivity index (χ1n) is 10.5. The van der Waals surface area contributed by atoms with Crippen molar-refractivity contribution in [3.63, 3.8) is 0 Å². The van der Waals surface area contributed by atoms with Gasteiger partial charge in [-0.3, -0.25) is 0 Å². The molecule has 1 aliphatic heterocycles. The lowest BCUT2D eigenvalue weighted by Gasteiger charge is -2.20. The molecule has 26 heavy (non-hydrogen) atoms. The lowest BCUT2D eigenvalue weighted by Crippen LogP contribution is -2.41. The highest BCUT2D eigenvalue weighted by atomic mass is 16.6. The van der Waals surface area contributed by atoms with Crippen LogP contribution in [0.4, 0.5) is 0 Å². The summed E-state index contributed by atoms with van der Waals surface area (Å²) in [6, 6.07) is 0. The van der Waals surface area contributed by atoms with Gasteiger partial charge >= 0.3 is 0 Å². The maximum absolute atomic E-state index is 10.0. The third-order valence-electron chi connectivity index (χ3n) is 5.07. The normalized spacial score (nSPS) is 24.5. The largest absolute Gasteiger partial charge is 0.394 e. The zero-order chi connectivity index (χ0) is 19.0. The van der Waals surface area contributed by atoms with Gasteiger partial charge in [0.05, 0.1) is 13.2 Å². The fourth-order valence-electron chi connectivity index (χ4n) is 3.38. The highest BCUT2D eigenvalue weighted by molar-refractivity contribution is 4.88. The quantitative estimate of drug-likeness (QED) is 0.286. The molecular weight excluding hydrogens is 332 g/mol. The van der Waals surface area contributed by atoms with Gasteiger partial charge in [0, 0.05) is 6.61 Å². The Balaban J connectivity index is 1.85. The Kier molecular flexibility index (Phi) is 14.1. The van der Waals surface area contributed by atoms with E-state index in [2.05, 4.69) is 19.1 Å². The van der Waals surface area contributed by atoms with Crippen LogP contribution in [-0.4, -0.2) is 59.6 Å². The number of aliphatic hydroxyl groups is 3. The highest BCUT2D eigenvalue weighted by Crippen LogP contribution is 2.20. The van der Waals surface area contributed by atoms with Crippen molar-refractivity contribution in [2.24, 2.45) is 0 Å². The lowest BCUT2D eigenvalue weighted by molar-refractivity contribution is -0.0730. The van der Waals surface area contributed by atoms with Crippen molar-refractivity contribution in [3.8, 4) is 0 Å². The second-order valence-corrected chi connectivity index (χ2v) is 7.34. The number of unbranched alkanes of at least 4 members (excludes halogenated alkanes) is 10. The van der Waals surface area contributed by atoms with Crippen molar-refractivity contribution in [1.29, 1.82) is 0 Å². The van der Waals surface area contributed by atoms with Crippen LogP contribution in [0, 0.1) is 0 Å². The van der Waals surface area contributed by atoms with E-state index in [1.165, 1.54) is 57.8 Å². The standard InChI is InChI=1S/C21H40O5/c1-2-3-4-5-6-7-8-9-10-11-12-13-14-15-25-19-17-26-21(20(19)24)18(23)16-22/h2-3,18-24H,4-17H2,1H3/b3-2+/t18-,19+,20+,21+/m1/s1. The molecule has 0 spiro atoms. The van der Waals surface area contributed by atoms with E-state index in [9.17, 15) is 10.2 Å². The van der Waals surface area contributed by atoms with E-state index in [1.807, 2.05) is 0 Å². The molecule has 0 amide bonds. The minimum atomic E-state index is -1.05. The molecule has 0 radical (unpaired) electrons. The predicted molar refractivity (Wildman–Crippen MR) is 104 cm³/mol. The van der Waals surface area contributed by atoms with Crippen LogP contribution in [0.1, 0.15) is 77.6 Å². The van der Waals surface area contributed by atoms with Gasteiger partial charge in [-0.1, -0.05) is 63.5 Å². The minimum absolute atomic E-state index is 0.275. The number of hydrogen-bond acceptors (Lipinski definition) is 5. The molecule has 1 heterocycles. The van der Waals surface area contributed by atoms with Crippen LogP contribution >= 0.6 is 0 Å². The molecular formula is C21H40O5. The van der Waals surface area contributed by atoms with Gasteiger partial charge in [0.1, 0.15) is 24.4 Å². The van der Waals surface area contributed by atoms with Gasteiger partial charge in [-0.2, -0.15) is 0 Å². The fraction of sp³-hybridized carbons (Fsp3) is 0.905. The van der Waals surface area contributed by atoms with Gasteiger partial charge in [-0.05, 0) is 26.2 Å². The van der Waals surface area contributed by atoms with Gasteiger partial charge in [-0.25, -0.2) is 0 Å². The van der Waals surface area contributed by atoms with E-state index in [4.69, 9.17) is 14.6 Å². The maximum Gasteiger partial charge on any atom is 0.114 e. The second kappa shape index (κ2) is 15.6. The minimum Gasteiger partial charge on any atom is -0.394 e. The van der Waals surface area contributed by atoms with E-state index in [0.29, 0.717) is 6.61 Å². The Morgan fingerprint density at radius 3 is 2.15 bits per heavy atom. The molecule has 0 aliphatic carbocycles.